The third-order valence-corrected chi connectivity index (χ3v) is 7.20. The van der Waals surface area contributed by atoms with Gasteiger partial charge in [-0.2, -0.15) is 0 Å². The first-order valence-electron chi connectivity index (χ1n) is 10.9. The van der Waals surface area contributed by atoms with Crippen molar-refractivity contribution in [2.45, 2.75) is 51.7 Å². The number of aromatic nitrogens is 1. The quantitative estimate of drug-likeness (QED) is 0.750. The SMILES string of the molecule is CC1CCCC(C)N1C(=O)CN1CCN(Cc2csc(-c3ccccc3)n2)CC1. The highest BCUT2D eigenvalue weighted by molar-refractivity contribution is 7.13. The molecule has 0 bridgehead atoms. The van der Waals surface area contributed by atoms with Crippen LogP contribution in [0.15, 0.2) is 35.7 Å². The van der Waals surface area contributed by atoms with Crippen LogP contribution in [0, 0.1) is 0 Å². The number of amides is 1. The normalized spacial score (nSPS) is 24.0. The van der Waals surface area contributed by atoms with E-state index in [-0.39, 0.29) is 0 Å². The van der Waals surface area contributed by atoms with Crippen LogP contribution in [-0.2, 0) is 11.3 Å². The second-order valence-corrected chi connectivity index (χ2v) is 9.35. The van der Waals surface area contributed by atoms with Crippen LogP contribution in [0.4, 0.5) is 0 Å². The van der Waals surface area contributed by atoms with E-state index in [2.05, 4.69) is 58.2 Å². The Kier molecular flexibility index (Phi) is 6.63. The fraction of sp³-hybridized carbons (Fsp3) is 0.565. The predicted octanol–water partition coefficient (Wildman–Crippen LogP) is 3.72. The van der Waals surface area contributed by atoms with Gasteiger partial charge in [0, 0.05) is 55.8 Å². The number of likely N-dealkylation sites (tertiary alicyclic amines) is 1. The number of thiazole rings is 1. The van der Waals surface area contributed by atoms with Gasteiger partial charge in [0.05, 0.1) is 12.2 Å². The van der Waals surface area contributed by atoms with Crippen LogP contribution in [0.3, 0.4) is 0 Å². The van der Waals surface area contributed by atoms with E-state index < -0.39 is 0 Å². The minimum atomic E-state index is 0.310. The van der Waals surface area contributed by atoms with Crippen molar-refractivity contribution in [1.82, 2.24) is 19.7 Å². The summed E-state index contributed by atoms with van der Waals surface area (Å²) < 4.78 is 0. The fourth-order valence-electron chi connectivity index (χ4n) is 4.61. The van der Waals surface area contributed by atoms with Gasteiger partial charge >= 0.3 is 0 Å². The van der Waals surface area contributed by atoms with E-state index in [1.807, 2.05) is 6.07 Å². The van der Waals surface area contributed by atoms with Crippen molar-refractivity contribution in [3.8, 4) is 10.6 Å². The van der Waals surface area contributed by atoms with Gasteiger partial charge in [-0.25, -0.2) is 4.98 Å². The lowest BCUT2D eigenvalue weighted by molar-refractivity contribution is -0.139. The lowest BCUT2D eigenvalue weighted by Gasteiger charge is -2.41. The molecule has 1 amide bonds. The molecule has 2 aliphatic heterocycles. The van der Waals surface area contributed by atoms with Gasteiger partial charge in [0.2, 0.25) is 5.91 Å². The summed E-state index contributed by atoms with van der Waals surface area (Å²) in [6, 6.07) is 11.1. The van der Waals surface area contributed by atoms with Crippen molar-refractivity contribution < 1.29 is 4.79 Å². The molecule has 2 atom stereocenters. The van der Waals surface area contributed by atoms with Gasteiger partial charge in [-0.3, -0.25) is 14.6 Å². The second-order valence-electron chi connectivity index (χ2n) is 8.49. The average molecular weight is 413 g/mol. The minimum absolute atomic E-state index is 0.310. The molecule has 2 unspecified atom stereocenters. The topological polar surface area (TPSA) is 39.7 Å². The Morgan fingerprint density at radius 3 is 2.38 bits per heavy atom. The maximum absolute atomic E-state index is 12.9. The molecule has 2 aliphatic rings. The van der Waals surface area contributed by atoms with Crippen molar-refractivity contribution in [3.63, 3.8) is 0 Å². The number of hydrogen-bond acceptors (Lipinski definition) is 5. The monoisotopic (exact) mass is 412 g/mol. The van der Waals surface area contributed by atoms with Crippen LogP contribution < -0.4 is 0 Å². The first kappa shape index (κ1) is 20.5. The Balaban J connectivity index is 1.26. The molecule has 0 radical (unpaired) electrons. The summed E-state index contributed by atoms with van der Waals surface area (Å²) in [7, 11) is 0. The van der Waals surface area contributed by atoms with E-state index in [9.17, 15) is 4.79 Å². The van der Waals surface area contributed by atoms with E-state index >= 15 is 0 Å². The molecule has 2 fully saturated rings. The van der Waals surface area contributed by atoms with Gasteiger partial charge in [-0.1, -0.05) is 30.3 Å². The van der Waals surface area contributed by atoms with Crippen LogP contribution in [0.1, 0.15) is 38.8 Å². The number of piperazine rings is 1. The van der Waals surface area contributed by atoms with Gasteiger partial charge in [0.1, 0.15) is 5.01 Å². The van der Waals surface area contributed by atoms with Gasteiger partial charge in [0.15, 0.2) is 0 Å². The van der Waals surface area contributed by atoms with Crippen LogP contribution in [-0.4, -0.2) is 70.4 Å². The Morgan fingerprint density at radius 2 is 1.69 bits per heavy atom. The molecule has 0 N–H and O–H groups in total. The van der Waals surface area contributed by atoms with E-state index in [1.54, 1.807) is 11.3 Å². The Labute approximate surface area is 178 Å². The van der Waals surface area contributed by atoms with Crippen LogP contribution in [0.25, 0.3) is 10.6 Å². The Hall–Kier alpha value is -1.76. The number of nitrogens with zero attached hydrogens (tertiary/aromatic N) is 4. The lowest BCUT2D eigenvalue weighted by atomic mass is 9.97. The highest BCUT2D eigenvalue weighted by Crippen LogP contribution is 2.25. The van der Waals surface area contributed by atoms with Crippen molar-refractivity contribution in [2.75, 3.05) is 32.7 Å². The van der Waals surface area contributed by atoms with E-state index in [1.165, 1.54) is 12.0 Å². The Bertz CT molecular complexity index is 790. The molecule has 4 rings (SSSR count). The summed E-state index contributed by atoms with van der Waals surface area (Å²) in [5, 5.41) is 3.27. The zero-order valence-corrected chi connectivity index (χ0v) is 18.4. The molecule has 6 heteroatoms. The number of rotatable bonds is 5. The van der Waals surface area contributed by atoms with Gasteiger partial charge in [-0.05, 0) is 33.1 Å². The number of carbonyl (C=O) groups is 1. The minimum Gasteiger partial charge on any atom is -0.336 e. The lowest BCUT2D eigenvalue weighted by Crippen LogP contribution is -2.54. The highest BCUT2D eigenvalue weighted by atomic mass is 32.1. The molecule has 2 saturated heterocycles. The summed E-state index contributed by atoms with van der Waals surface area (Å²) in [4.78, 5) is 24.6. The predicted molar refractivity (Wildman–Crippen MR) is 119 cm³/mol. The summed E-state index contributed by atoms with van der Waals surface area (Å²) >= 11 is 1.72. The van der Waals surface area contributed by atoms with Crippen molar-refractivity contribution in [3.05, 3.63) is 41.4 Å². The third kappa shape index (κ3) is 5.05. The zero-order valence-electron chi connectivity index (χ0n) is 17.6. The molecule has 0 saturated carbocycles. The summed E-state index contributed by atoms with van der Waals surface area (Å²) in [6.45, 7) is 9.76. The van der Waals surface area contributed by atoms with Crippen molar-refractivity contribution in [2.24, 2.45) is 0 Å². The highest BCUT2D eigenvalue weighted by Gasteiger charge is 2.30. The average Bonchev–Trinajstić information content (AvgIpc) is 3.18. The molecule has 3 heterocycles. The summed E-state index contributed by atoms with van der Waals surface area (Å²) in [5.41, 5.74) is 2.34. The molecule has 156 valence electrons. The zero-order chi connectivity index (χ0) is 20.2. The molecule has 0 aliphatic carbocycles. The smallest absolute Gasteiger partial charge is 0.237 e. The van der Waals surface area contributed by atoms with Crippen LogP contribution in [0.2, 0.25) is 0 Å². The maximum Gasteiger partial charge on any atom is 0.237 e. The van der Waals surface area contributed by atoms with E-state index in [0.717, 1.165) is 56.3 Å². The number of hydrogen-bond donors (Lipinski definition) is 0. The van der Waals surface area contributed by atoms with Crippen LogP contribution in [0.5, 0.6) is 0 Å². The van der Waals surface area contributed by atoms with E-state index in [0.29, 0.717) is 24.5 Å². The molecule has 29 heavy (non-hydrogen) atoms. The number of carbonyl (C=O) groups excluding carboxylic acids is 1. The van der Waals surface area contributed by atoms with E-state index in [4.69, 9.17) is 4.98 Å². The number of benzene rings is 1. The Morgan fingerprint density at radius 1 is 1.03 bits per heavy atom. The van der Waals surface area contributed by atoms with Crippen molar-refractivity contribution in [1.29, 1.82) is 0 Å². The molecule has 0 spiro atoms. The summed E-state index contributed by atoms with van der Waals surface area (Å²) in [6.07, 6.45) is 3.53. The second kappa shape index (κ2) is 9.37. The molecular formula is C23H32N4OS. The molecule has 1 aromatic heterocycles. The van der Waals surface area contributed by atoms with Gasteiger partial charge < -0.3 is 4.90 Å². The summed E-state index contributed by atoms with van der Waals surface area (Å²) in [5.74, 6) is 0.310. The standard InChI is InChI=1S/C23H32N4OS/c1-18-7-6-8-19(2)27(18)22(28)16-26-13-11-25(12-14-26)15-21-17-29-23(24-21)20-9-4-3-5-10-20/h3-5,9-10,17-19H,6-8,11-16H2,1-2H3. The maximum atomic E-state index is 12.9. The molecular weight excluding hydrogens is 380 g/mol. The van der Waals surface area contributed by atoms with Crippen LogP contribution >= 0.6 is 11.3 Å². The molecule has 5 nitrogen and oxygen atoms in total. The third-order valence-electron chi connectivity index (χ3n) is 6.26. The molecule has 2 aromatic rings. The van der Waals surface area contributed by atoms with Crippen molar-refractivity contribution >= 4 is 17.2 Å². The van der Waals surface area contributed by atoms with Gasteiger partial charge in [-0.15, -0.1) is 11.3 Å². The first-order chi connectivity index (χ1) is 14.1. The number of piperidine rings is 1. The first-order valence-corrected chi connectivity index (χ1v) is 11.7. The molecule has 1 aromatic carbocycles. The van der Waals surface area contributed by atoms with Gasteiger partial charge in [0.25, 0.3) is 0 Å². The fourth-order valence-corrected chi connectivity index (χ4v) is 5.43. The largest absolute Gasteiger partial charge is 0.336 e.